The van der Waals surface area contributed by atoms with Crippen molar-refractivity contribution in [1.82, 2.24) is 4.90 Å². The van der Waals surface area contributed by atoms with Crippen LogP contribution in [0.3, 0.4) is 0 Å². The Hall–Kier alpha value is -1.06. The molecule has 0 radical (unpaired) electrons. The lowest BCUT2D eigenvalue weighted by atomic mass is 9.85. The molecule has 1 atom stereocenters. The molecule has 2 fully saturated rings. The molecular weight excluding hydrogens is 284 g/mol. The predicted molar refractivity (Wildman–Crippen MR) is 85.1 cm³/mol. The molecular formula is C17H23ClN2O. The van der Waals surface area contributed by atoms with Gasteiger partial charge in [0.1, 0.15) is 0 Å². The molecule has 1 amide bonds. The minimum Gasteiger partial charge on any atom is -0.335 e. The Morgan fingerprint density at radius 2 is 1.86 bits per heavy atom. The van der Waals surface area contributed by atoms with E-state index in [9.17, 15) is 4.79 Å². The third-order valence-corrected chi connectivity index (χ3v) is 5.27. The Morgan fingerprint density at radius 3 is 2.57 bits per heavy atom. The summed E-state index contributed by atoms with van der Waals surface area (Å²) in [6.07, 6.45) is 5.90. The Kier molecular flexibility index (Phi) is 4.51. The first kappa shape index (κ1) is 14.9. The van der Waals surface area contributed by atoms with Gasteiger partial charge >= 0.3 is 0 Å². The van der Waals surface area contributed by atoms with Crippen LogP contribution in [-0.4, -0.2) is 23.4 Å². The Bertz CT molecular complexity index is 511. The summed E-state index contributed by atoms with van der Waals surface area (Å²) in [6.45, 7) is 0.858. The van der Waals surface area contributed by atoms with Crippen LogP contribution in [0.5, 0.6) is 0 Å². The first-order valence-electron chi connectivity index (χ1n) is 7.97. The first-order chi connectivity index (χ1) is 10.2. The predicted octanol–water partition coefficient (Wildman–Crippen LogP) is 3.52. The van der Waals surface area contributed by atoms with Crippen LogP contribution in [0.25, 0.3) is 0 Å². The second kappa shape index (κ2) is 6.37. The number of carbonyl (C=O) groups excluding carboxylic acids is 1. The average molecular weight is 307 g/mol. The summed E-state index contributed by atoms with van der Waals surface area (Å²) in [4.78, 5) is 14.9. The summed E-state index contributed by atoms with van der Waals surface area (Å²) in [5.74, 6) is 0.470. The fourth-order valence-electron chi connectivity index (χ4n) is 3.70. The van der Waals surface area contributed by atoms with Crippen molar-refractivity contribution in [3.05, 3.63) is 34.9 Å². The van der Waals surface area contributed by atoms with Gasteiger partial charge in [0.05, 0.1) is 6.04 Å². The van der Waals surface area contributed by atoms with Crippen molar-refractivity contribution in [3.8, 4) is 0 Å². The minimum absolute atomic E-state index is 0.154. The number of hydrogen-bond donors (Lipinski definition) is 1. The van der Waals surface area contributed by atoms with Crippen LogP contribution in [0.4, 0.5) is 0 Å². The number of nitrogens with zero attached hydrogens (tertiary/aromatic N) is 1. The molecule has 2 N–H and O–H groups in total. The van der Waals surface area contributed by atoms with Gasteiger partial charge in [0, 0.05) is 23.5 Å². The van der Waals surface area contributed by atoms with Crippen molar-refractivity contribution in [2.45, 2.75) is 50.6 Å². The summed E-state index contributed by atoms with van der Waals surface area (Å²) in [5, 5.41) is 0.771. The van der Waals surface area contributed by atoms with E-state index in [1.807, 2.05) is 18.2 Å². The number of benzene rings is 1. The van der Waals surface area contributed by atoms with E-state index < -0.39 is 0 Å². The number of halogens is 1. The molecule has 114 valence electrons. The quantitative estimate of drug-likeness (QED) is 0.908. The van der Waals surface area contributed by atoms with Gasteiger partial charge in [-0.25, -0.2) is 0 Å². The van der Waals surface area contributed by atoms with Crippen molar-refractivity contribution in [1.29, 1.82) is 0 Å². The number of hydrogen-bond acceptors (Lipinski definition) is 2. The van der Waals surface area contributed by atoms with E-state index >= 15 is 0 Å². The molecule has 1 aliphatic carbocycles. The average Bonchev–Trinajstić information content (AvgIpc) is 2.97. The fraction of sp³-hybridized carbons (Fsp3) is 0.588. The van der Waals surface area contributed by atoms with E-state index in [0.29, 0.717) is 5.91 Å². The Balaban J connectivity index is 1.75. The smallest absolute Gasteiger partial charge is 0.226 e. The van der Waals surface area contributed by atoms with E-state index in [-0.39, 0.29) is 18.0 Å². The van der Waals surface area contributed by atoms with Crippen LogP contribution in [0.15, 0.2) is 24.3 Å². The maximum absolute atomic E-state index is 12.8. The van der Waals surface area contributed by atoms with Crippen molar-refractivity contribution >= 4 is 17.5 Å². The molecule has 1 saturated heterocycles. The molecule has 4 heteroatoms. The van der Waals surface area contributed by atoms with Crippen molar-refractivity contribution < 1.29 is 4.79 Å². The van der Waals surface area contributed by atoms with E-state index in [1.54, 1.807) is 0 Å². The molecule has 1 aliphatic heterocycles. The van der Waals surface area contributed by atoms with Gasteiger partial charge in [-0.1, -0.05) is 29.8 Å². The first-order valence-corrected chi connectivity index (χ1v) is 8.35. The molecule has 0 bridgehead atoms. The van der Waals surface area contributed by atoms with Gasteiger partial charge in [0.2, 0.25) is 5.91 Å². The fourth-order valence-corrected chi connectivity index (χ4v) is 3.96. The van der Waals surface area contributed by atoms with Gasteiger partial charge in [-0.2, -0.15) is 0 Å². The highest BCUT2D eigenvalue weighted by Gasteiger charge is 2.35. The molecule has 0 spiro atoms. The largest absolute Gasteiger partial charge is 0.335 e. The molecule has 2 aliphatic rings. The van der Waals surface area contributed by atoms with Crippen LogP contribution in [0.2, 0.25) is 5.02 Å². The van der Waals surface area contributed by atoms with Crippen molar-refractivity contribution in [3.63, 3.8) is 0 Å². The van der Waals surface area contributed by atoms with Crippen molar-refractivity contribution in [2.24, 2.45) is 11.7 Å². The number of amides is 1. The van der Waals surface area contributed by atoms with E-state index in [0.717, 1.165) is 55.7 Å². The number of carbonyl (C=O) groups is 1. The normalized spacial score (nSPS) is 29.6. The lowest BCUT2D eigenvalue weighted by Gasteiger charge is -2.32. The molecule has 3 rings (SSSR count). The van der Waals surface area contributed by atoms with Gasteiger partial charge in [0.25, 0.3) is 0 Å². The van der Waals surface area contributed by atoms with Crippen LogP contribution < -0.4 is 5.73 Å². The zero-order valence-electron chi connectivity index (χ0n) is 12.3. The number of likely N-dealkylation sites (tertiary alicyclic amines) is 1. The summed E-state index contributed by atoms with van der Waals surface area (Å²) >= 11 is 6.32. The third-order valence-electron chi connectivity index (χ3n) is 4.92. The molecule has 0 aromatic heterocycles. The van der Waals surface area contributed by atoms with Crippen LogP contribution in [0.1, 0.15) is 50.1 Å². The van der Waals surface area contributed by atoms with Gasteiger partial charge in [-0.3, -0.25) is 4.79 Å². The SMILES string of the molecule is NC1CCC(C(=O)N2CCCC2c2ccccc2Cl)CC1. The maximum Gasteiger partial charge on any atom is 0.226 e. The third kappa shape index (κ3) is 3.09. The van der Waals surface area contributed by atoms with E-state index in [2.05, 4.69) is 11.0 Å². The van der Waals surface area contributed by atoms with Crippen LogP contribution >= 0.6 is 11.6 Å². The lowest BCUT2D eigenvalue weighted by molar-refractivity contribution is -0.137. The second-order valence-electron chi connectivity index (χ2n) is 6.32. The summed E-state index contributed by atoms with van der Waals surface area (Å²) in [6, 6.07) is 8.35. The van der Waals surface area contributed by atoms with Gasteiger partial charge in [-0.15, -0.1) is 0 Å². The maximum atomic E-state index is 12.8. The lowest BCUT2D eigenvalue weighted by Crippen LogP contribution is -2.39. The van der Waals surface area contributed by atoms with E-state index in [4.69, 9.17) is 17.3 Å². The molecule has 1 unspecified atom stereocenters. The summed E-state index contributed by atoms with van der Waals surface area (Å²) < 4.78 is 0. The van der Waals surface area contributed by atoms with Crippen LogP contribution in [-0.2, 0) is 4.79 Å². The van der Waals surface area contributed by atoms with Gasteiger partial charge < -0.3 is 10.6 Å². The zero-order valence-corrected chi connectivity index (χ0v) is 13.1. The molecule has 1 aromatic rings. The second-order valence-corrected chi connectivity index (χ2v) is 6.73. The monoisotopic (exact) mass is 306 g/mol. The Labute approximate surface area is 131 Å². The molecule has 3 nitrogen and oxygen atoms in total. The molecule has 1 aromatic carbocycles. The molecule has 1 saturated carbocycles. The highest BCUT2D eigenvalue weighted by molar-refractivity contribution is 6.31. The number of nitrogens with two attached hydrogens (primary N) is 1. The highest BCUT2D eigenvalue weighted by Crippen LogP contribution is 2.38. The zero-order chi connectivity index (χ0) is 14.8. The summed E-state index contributed by atoms with van der Waals surface area (Å²) in [7, 11) is 0. The van der Waals surface area contributed by atoms with Gasteiger partial charge in [-0.05, 0) is 50.2 Å². The van der Waals surface area contributed by atoms with E-state index in [1.165, 1.54) is 0 Å². The van der Waals surface area contributed by atoms with Gasteiger partial charge in [0.15, 0.2) is 0 Å². The minimum atomic E-state index is 0.154. The van der Waals surface area contributed by atoms with Crippen LogP contribution in [0, 0.1) is 5.92 Å². The molecule has 21 heavy (non-hydrogen) atoms. The molecule has 1 heterocycles. The standard InChI is InChI=1S/C17H23ClN2O/c18-15-5-2-1-4-14(15)16-6-3-11-20(16)17(21)12-7-9-13(19)10-8-12/h1-2,4-5,12-13,16H,3,6-11,19H2. The summed E-state index contributed by atoms with van der Waals surface area (Å²) in [5.41, 5.74) is 7.04. The number of rotatable bonds is 2. The Morgan fingerprint density at radius 1 is 1.14 bits per heavy atom. The topological polar surface area (TPSA) is 46.3 Å². The highest BCUT2D eigenvalue weighted by atomic mass is 35.5. The van der Waals surface area contributed by atoms with Crippen molar-refractivity contribution in [2.75, 3.05) is 6.54 Å².